The summed E-state index contributed by atoms with van der Waals surface area (Å²) in [4.78, 5) is 14.7. The highest BCUT2D eigenvalue weighted by molar-refractivity contribution is 8.01. The number of rotatable bonds is 5. The predicted molar refractivity (Wildman–Crippen MR) is 86.9 cm³/mol. The monoisotopic (exact) mass is 307 g/mol. The molecule has 2 rings (SSSR count). The molecule has 21 heavy (non-hydrogen) atoms. The third-order valence-electron chi connectivity index (χ3n) is 3.70. The summed E-state index contributed by atoms with van der Waals surface area (Å²) in [7, 11) is 0. The molecule has 1 aromatic rings. The van der Waals surface area contributed by atoms with Crippen LogP contribution in [0.15, 0.2) is 35.5 Å². The predicted octanol–water partition coefficient (Wildman–Crippen LogP) is 2.44. The van der Waals surface area contributed by atoms with Crippen LogP contribution in [0.5, 0.6) is 0 Å². The summed E-state index contributed by atoms with van der Waals surface area (Å²) in [6.45, 7) is 2.42. The zero-order valence-electron chi connectivity index (χ0n) is 12.2. The Hall–Kier alpha value is -1.69. The van der Waals surface area contributed by atoms with E-state index in [1.165, 1.54) is 0 Å². The maximum atomic E-state index is 12.9. The number of anilines is 1. The van der Waals surface area contributed by atoms with Crippen LogP contribution in [-0.2, 0) is 4.79 Å². The van der Waals surface area contributed by atoms with Crippen LogP contribution in [0.1, 0.15) is 26.2 Å². The van der Waals surface area contributed by atoms with E-state index in [9.17, 15) is 4.79 Å². The summed E-state index contributed by atoms with van der Waals surface area (Å²) in [6.07, 6.45) is 2.30. The molecule has 1 amide bonds. The number of nitrogens with zero attached hydrogens (tertiary/aromatic N) is 2. The third kappa shape index (κ3) is 3.69. The van der Waals surface area contributed by atoms with Gasteiger partial charge in [0.05, 0.1) is 4.75 Å². The minimum absolute atomic E-state index is 0.0990. The van der Waals surface area contributed by atoms with Gasteiger partial charge in [-0.2, -0.15) is 0 Å². The van der Waals surface area contributed by atoms with E-state index in [-0.39, 0.29) is 16.5 Å². The van der Waals surface area contributed by atoms with Crippen LogP contribution in [0.3, 0.4) is 0 Å². The van der Waals surface area contributed by atoms with Crippen molar-refractivity contribution in [2.75, 3.05) is 17.2 Å². The van der Waals surface area contributed by atoms with Gasteiger partial charge in [-0.05, 0) is 37.7 Å². The summed E-state index contributed by atoms with van der Waals surface area (Å²) in [5.74, 6) is 1.25. The van der Waals surface area contributed by atoms with E-state index in [0.29, 0.717) is 13.0 Å². The van der Waals surface area contributed by atoms with E-state index in [0.717, 1.165) is 24.3 Å². The van der Waals surface area contributed by atoms with Crippen LogP contribution in [0.4, 0.5) is 5.69 Å². The maximum Gasteiger partial charge on any atom is 0.242 e. The number of amidine groups is 1. The maximum absolute atomic E-state index is 12.9. The quantitative estimate of drug-likeness (QED) is 0.379. The zero-order chi connectivity index (χ0) is 15.3. The van der Waals surface area contributed by atoms with Gasteiger partial charge in [0.1, 0.15) is 5.84 Å². The number of nitrogens with two attached hydrogens (primary N) is 1. The van der Waals surface area contributed by atoms with Gasteiger partial charge in [-0.1, -0.05) is 23.4 Å². The van der Waals surface area contributed by atoms with Crippen molar-refractivity contribution in [2.45, 2.75) is 30.9 Å². The average molecular weight is 307 g/mol. The van der Waals surface area contributed by atoms with Crippen molar-refractivity contribution in [3.63, 3.8) is 0 Å². The van der Waals surface area contributed by atoms with Crippen LogP contribution in [0, 0.1) is 0 Å². The molecule has 0 aromatic heterocycles. The summed E-state index contributed by atoms with van der Waals surface area (Å²) in [5.41, 5.74) is 6.39. The minimum atomic E-state index is -0.374. The van der Waals surface area contributed by atoms with Crippen molar-refractivity contribution >= 4 is 29.2 Å². The molecule has 0 spiro atoms. The molecule has 0 bridgehead atoms. The fraction of sp³-hybridized carbons (Fsp3) is 0.467. The SMILES string of the molecule is CC1(C(=O)N(CC/C(N)=N/O)c2ccccc2)CCCS1. The second kappa shape index (κ2) is 6.85. The van der Waals surface area contributed by atoms with Crippen molar-refractivity contribution in [3.8, 4) is 0 Å². The molecule has 1 aromatic carbocycles. The van der Waals surface area contributed by atoms with Gasteiger partial charge < -0.3 is 15.8 Å². The van der Waals surface area contributed by atoms with E-state index in [1.54, 1.807) is 16.7 Å². The van der Waals surface area contributed by atoms with E-state index < -0.39 is 0 Å². The first-order valence-corrected chi connectivity index (χ1v) is 8.03. The van der Waals surface area contributed by atoms with E-state index in [1.807, 2.05) is 37.3 Å². The lowest BCUT2D eigenvalue weighted by molar-refractivity contribution is -0.120. The Morgan fingerprint density at radius 1 is 1.48 bits per heavy atom. The van der Waals surface area contributed by atoms with E-state index in [4.69, 9.17) is 10.9 Å². The second-order valence-electron chi connectivity index (χ2n) is 5.32. The molecule has 0 saturated carbocycles. The number of oxime groups is 1. The third-order valence-corrected chi connectivity index (χ3v) is 5.21. The average Bonchev–Trinajstić information content (AvgIpc) is 2.96. The normalized spacial score (nSPS) is 22.2. The molecule has 0 aliphatic carbocycles. The van der Waals surface area contributed by atoms with Gasteiger partial charge in [-0.3, -0.25) is 4.79 Å². The molecular weight excluding hydrogens is 286 g/mol. The summed E-state index contributed by atoms with van der Waals surface area (Å²) in [5, 5.41) is 11.7. The number of benzene rings is 1. The number of thioether (sulfide) groups is 1. The number of para-hydroxylation sites is 1. The summed E-state index contributed by atoms with van der Waals surface area (Å²) >= 11 is 1.71. The molecule has 5 nitrogen and oxygen atoms in total. The minimum Gasteiger partial charge on any atom is -0.409 e. The van der Waals surface area contributed by atoms with Crippen LogP contribution < -0.4 is 10.6 Å². The van der Waals surface area contributed by atoms with Gasteiger partial charge in [0, 0.05) is 18.7 Å². The van der Waals surface area contributed by atoms with Gasteiger partial charge >= 0.3 is 0 Å². The van der Waals surface area contributed by atoms with E-state index >= 15 is 0 Å². The van der Waals surface area contributed by atoms with Gasteiger partial charge in [0.2, 0.25) is 5.91 Å². The molecular formula is C15H21N3O2S. The summed E-state index contributed by atoms with van der Waals surface area (Å²) < 4.78 is -0.374. The lowest BCUT2D eigenvalue weighted by atomic mass is 10.0. The first-order chi connectivity index (χ1) is 10.1. The Morgan fingerprint density at radius 2 is 2.19 bits per heavy atom. The molecule has 1 heterocycles. The van der Waals surface area contributed by atoms with Crippen molar-refractivity contribution in [1.29, 1.82) is 0 Å². The summed E-state index contributed by atoms with van der Waals surface area (Å²) in [6, 6.07) is 9.55. The second-order valence-corrected chi connectivity index (χ2v) is 6.91. The van der Waals surface area contributed by atoms with Crippen molar-refractivity contribution in [2.24, 2.45) is 10.9 Å². The topological polar surface area (TPSA) is 78.9 Å². The first-order valence-electron chi connectivity index (χ1n) is 7.04. The molecule has 1 atom stereocenters. The molecule has 0 radical (unpaired) electrons. The lowest BCUT2D eigenvalue weighted by Gasteiger charge is -2.31. The fourth-order valence-electron chi connectivity index (χ4n) is 2.47. The number of hydrogen-bond acceptors (Lipinski definition) is 4. The number of carbonyl (C=O) groups is 1. The Kier molecular flexibility index (Phi) is 5.12. The largest absolute Gasteiger partial charge is 0.409 e. The highest BCUT2D eigenvalue weighted by atomic mass is 32.2. The van der Waals surface area contributed by atoms with E-state index in [2.05, 4.69) is 5.16 Å². The molecule has 6 heteroatoms. The number of carbonyl (C=O) groups excluding carboxylic acids is 1. The molecule has 1 unspecified atom stereocenters. The van der Waals surface area contributed by atoms with Crippen molar-refractivity contribution < 1.29 is 10.0 Å². The van der Waals surface area contributed by atoms with Gasteiger partial charge in [-0.15, -0.1) is 11.8 Å². The van der Waals surface area contributed by atoms with Gasteiger partial charge in [0.25, 0.3) is 0 Å². The Bertz CT molecular complexity index is 513. The van der Waals surface area contributed by atoms with Crippen LogP contribution >= 0.6 is 11.8 Å². The highest BCUT2D eigenvalue weighted by Crippen LogP contribution is 2.40. The Balaban J connectivity index is 2.21. The molecule has 1 aliphatic heterocycles. The fourth-order valence-corrected chi connectivity index (χ4v) is 3.73. The number of hydrogen-bond donors (Lipinski definition) is 2. The molecule has 1 saturated heterocycles. The number of amides is 1. The van der Waals surface area contributed by atoms with Crippen molar-refractivity contribution in [1.82, 2.24) is 0 Å². The zero-order valence-corrected chi connectivity index (χ0v) is 13.0. The molecule has 1 aliphatic rings. The van der Waals surface area contributed by atoms with Gasteiger partial charge in [-0.25, -0.2) is 0 Å². The molecule has 1 fully saturated rings. The molecule has 114 valence electrons. The van der Waals surface area contributed by atoms with Crippen LogP contribution in [0.2, 0.25) is 0 Å². The molecule has 3 N–H and O–H groups in total. The Labute approximate surface area is 129 Å². The Morgan fingerprint density at radius 3 is 2.76 bits per heavy atom. The first kappa shape index (κ1) is 15.7. The van der Waals surface area contributed by atoms with Crippen LogP contribution in [-0.4, -0.2) is 34.0 Å². The smallest absolute Gasteiger partial charge is 0.242 e. The van der Waals surface area contributed by atoms with Crippen molar-refractivity contribution in [3.05, 3.63) is 30.3 Å². The van der Waals surface area contributed by atoms with Gasteiger partial charge in [0.15, 0.2) is 0 Å². The highest BCUT2D eigenvalue weighted by Gasteiger charge is 2.40. The lowest BCUT2D eigenvalue weighted by Crippen LogP contribution is -2.45. The van der Waals surface area contributed by atoms with Crippen LogP contribution in [0.25, 0.3) is 0 Å². The standard InChI is InChI=1S/C15H21N3O2S/c1-15(9-5-11-21-15)14(19)18(10-8-13(16)17-20)12-6-3-2-4-7-12/h2-4,6-7,20H,5,8-11H2,1H3,(H2,16,17).